The van der Waals surface area contributed by atoms with E-state index in [0.29, 0.717) is 17.3 Å². The van der Waals surface area contributed by atoms with Crippen molar-refractivity contribution < 1.29 is 4.92 Å². The molecule has 5 nitrogen and oxygen atoms in total. The number of aromatic nitrogens is 1. The molecule has 2 unspecified atom stereocenters. The molecule has 2 aromatic rings. The zero-order chi connectivity index (χ0) is 15.7. The Hall–Kier alpha value is -2.43. The molecule has 22 heavy (non-hydrogen) atoms. The summed E-state index contributed by atoms with van der Waals surface area (Å²) in [5, 5.41) is 14.3. The van der Waals surface area contributed by atoms with E-state index in [4.69, 9.17) is 0 Å². The molecule has 1 aromatic carbocycles. The van der Waals surface area contributed by atoms with Gasteiger partial charge in [0.25, 0.3) is 5.69 Å². The summed E-state index contributed by atoms with van der Waals surface area (Å²) in [5.41, 5.74) is 3.36. The standard InChI is InChI=1S/C17H19N3O2/c1-11-7-8-13-5-3-4-6-14(13)17(11)19-16-9-12(2)15(10-18-16)20(21)22/h3-6,9-11,17H,7-8H2,1-2H3,(H,18,19). The predicted molar refractivity (Wildman–Crippen MR) is 85.9 cm³/mol. The average Bonchev–Trinajstić information content (AvgIpc) is 2.50. The molecule has 0 aliphatic heterocycles. The normalized spacial score (nSPS) is 20.3. The van der Waals surface area contributed by atoms with E-state index in [1.807, 2.05) is 0 Å². The van der Waals surface area contributed by atoms with Crippen LogP contribution in [0.1, 0.15) is 36.1 Å². The maximum atomic E-state index is 10.9. The van der Waals surface area contributed by atoms with Crippen molar-refractivity contribution in [2.75, 3.05) is 5.32 Å². The molecule has 3 rings (SSSR count). The van der Waals surface area contributed by atoms with Crippen molar-refractivity contribution in [3.8, 4) is 0 Å². The number of nitrogens with one attached hydrogen (secondary N) is 1. The molecule has 0 saturated carbocycles. The van der Waals surface area contributed by atoms with Crippen LogP contribution in [0.3, 0.4) is 0 Å². The van der Waals surface area contributed by atoms with Gasteiger partial charge in [-0.05, 0) is 42.9 Å². The van der Waals surface area contributed by atoms with Gasteiger partial charge in [0.1, 0.15) is 12.0 Å². The van der Waals surface area contributed by atoms with Gasteiger partial charge in [-0.25, -0.2) is 4.98 Å². The van der Waals surface area contributed by atoms with E-state index in [1.165, 1.54) is 17.3 Å². The molecular formula is C17H19N3O2. The van der Waals surface area contributed by atoms with Crippen LogP contribution < -0.4 is 5.32 Å². The van der Waals surface area contributed by atoms with Crippen molar-refractivity contribution >= 4 is 11.5 Å². The van der Waals surface area contributed by atoms with Gasteiger partial charge in [-0.3, -0.25) is 10.1 Å². The van der Waals surface area contributed by atoms with Gasteiger partial charge in [0, 0.05) is 5.56 Å². The number of pyridine rings is 1. The van der Waals surface area contributed by atoms with Crippen molar-refractivity contribution in [2.24, 2.45) is 5.92 Å². The van der Waals surface area contributed by atoms with Crippen molar-refractivity contribution in [2.45, 2.75) is 32.7 Å². The molecule has 0 fully saturated rings. The van der Waals surface area contributed by atoms with Gasteiger partial charge in [0.2, 0.25) is 0 Å². The Bertz CT molecular complexity index is 715. The third-order valence-corrected chi connectivity index (χ3v) is 4.41. The number of benzene rings is 1. The first kappa shape index (κ1) is 14.5. The number of rotatable bonds is 3. The highest BCUT2D eigenvalue weighted by Gasteiger charge is 2.26. The topological polar surface area (TPSA) is 68.1 Å². The van der Waals surface area contributed by atoms with Crippen molar-refractivity contribution in [1.29, 1.82) is 0 Å². The van der Waals surface area contributed by atoms with Crippen LogP contribution >= 0.6 is 0 Å². The third-order valence-electron chi connectivity index (χ3n) is 4.41. The van der Waals surface area contributed by atoms with Gasteiger partial charge >= 0.3 is 0 Å². The minimum Gasteiger partial charge on any atom is -0.363 e. The summed E-state index contributed by atoms with van der Waals surface area (Å²) in [5.74, 6) is 1.18. The molecule has 0 bridgehead atoms. The fourth-order valence-electron chi connectivity index (χ4n) is 3.12. The van der Waals surface area contributed by atoms with Crippen LogP contribution in [0.4, 0.5) is 11.5 Å². The molecule has 5 heteroatoms. The van der Waals surface area contributed by atoms with E-state index < -0.39 is 4.92 Å². The monoisotopic (exact) mass is 297 g/mol. The summed E-state index contributed by atoms with van der Waals surface area (Å²) in [6, 6.07) is 10.4. The maximum absolute atomic E-state index is 10.9. The van der Waals surface area contributed by atoms with Crippen LogP contribution in [0.2, 0.25) is 0 Å². The zero-order valence-electron chi connectivity index (χ0n) is 12.7. The Morgan fingerprint density at radius 2 is 2.14 bits per heavy atom. The van der Waals surface area contributed by atoms with E-state index in [-0.39, 0.29) is 11.7 Å². The second kappa shape index (κ2) is 5.75. The summed E-state index contributed by atoms with van der Waals surface area (Å²) < 4.78 is 0. The molecule has 1 N–H and O–H groups in total. The van der Waals surface area contributed by atoms with Crippen LogP contribution in [0, 0.1) is 23.0 Å². The lowest BCUT2D eigenvalue weighted by molar-refractivity contribution is -0.385. The highest BCUT2D eigenvalue weighted by Crippen LogP contribution is 2.36. The second-order valence-electron chi connectivity index (χ2n) is 5.95. The number of nitrogens with zero attached hydrogens (tertiary/aromatic N) is 2. The molecule has 0 radical (unpaired) electrons. The Labute approximate surface area is 129 Å². The molecular weight excluding hydrogens is 278 g/mol. The fourth-order valence-corrected chi connectivity index (χ4v) is 3.12. The fraction of sp³-hybridized carbons (Fsp3) is 0.353. The van der Waals surface area contributed by atoms with Gasteiger partial charge in [0.05, 0.1) is 11.0 Å². The lowest BCUT2D eigenvalue weighted by atomic mass is 9.81. The Morgan fingerprint density at radius 1 is 1.36 bits per heavy atom. The van der Waals surface area contributed by atoms with Crippen LogP contribution in [0.5, 0.6) is 0 Å². The smallest absolute Gasteiger partial charge is 0.290 e. The molecule has 1 aliphatic rings. The summed E-state index contributed by atoms with van der Waals surface area (Å²) in [6.07, 6.45) is 3.56. The highest BCUT2D eigenvalue weighted by molar-refractivity contribution is 5.49. The van der Waals surface area contributed by atoms with Crippen LogP contribution in [0.25, 0.3) is 0 Å². The SMILES string of the molecule is Cc1cc(NC2c3ccccc3CCC2C)ncc1[N+](=O)[O-]. The number of anilines is 1. The molecule has 1 aliphatic carbocycles. The predicted octanol–water partition coefficient (Wildman–Crippen LogP) is 4.03. The summed E-state index contributed by atoms with van der Waals surface area (Å²) >= 11 is 0. The summed E-state index contributed by atoms with van der Waals surface area (Å²) in [6.45, 7) is 3.97. The molecule has 114 valence electrons. The van der Waals surface area contributed by atoms with E-state index in [9.17, 15) is 10.1 Å². The molecule has 0 amide bonds. The van der Waals surface area contributed by atoms with Crippen LogP contribution in [0.15, 0.2) is 36.5 Å². The van der Waals surface area contributed by atoms with Crippen LogP contribution in [-0.2, 0) is 6.42 Å². The van der Waals surface area contributed by atoms with E-state index >= 15 is 0 Å². The van der Waals surface area contributed by atoms with E-state index in [1.54, 1.807) is 13.0 Å². The first-order chi connectivity index (χ1) is 10.6. The minimum absolute atomic E-state index is 0.0580. The average molecular weight is 297 g/mol. The van der Waals surface area contributed by atoms with Gasteiger partial charge < -0.3 is 5.32 Å². The minimum atomic E-state index is -0.398. The molecule has 0 spiro atoms. The van der Waals surface area contributed by atoms with Crippen molar-refractivity contribution in [3.63, 3.8) is 0 Å². The van der Waals surface area contributed by atoms with Gasteiger partial charge in [0.15, 0.2) is 0 Å². The van der Waals surface area contributed by atoms with Gasteiger partial charge in [-0.1, -0.05) is 31.2 Å². The lowest BCUT2D eigenvalue weighted by Gasteiger charge is -2.32. The molecule has 0 saturated heterocycles. The van der Waals surface area contributed by atoms with E-state index in [0.717, 1.165) is 12.8 Å². The summed E-state index contributed by atoms with van der Waals surface area (Å²) in [7, 11) is 0. The Kier molecular flexibility index (Phi) is 3.79. The summed E-state index contributed by atoms with van der Waals surface area (Å²) in [4.78, 5) is 14.7. The van der Waals surface area contributed by atoms with E-state index in [2.05, 4.69) is 41.5 Å². The maximum Gasteiger partial charge on any atom is 0.290 e. The number of nitro groups is 1. The lowest BCUT2D eigenvalue weighted by Crippen LogP contribution is -2.25. The Balaban J connectivity index is 1.90. The number of hydrogen-bond acceptors (Lipinski definition) is 4. The van der Waals surface area contributed by atoms with Crippen LogP contribution in [-0.4, -0.2) is 9.91 Å². The Morgan fingerprint density at radius 3 is 2.86 bits per heavy atom. The highest BCUT2D eigenvalue weighted by atomic mass is 16.6. The van der Waals surface area contributed by atoms with Gasteiger partial charge in [-0.15, -0.1) is 0 Å². The number of hydrogen-bond donors (Lipinski definition) is 1. The largest absolute Gasteiger partial charge is 0.363 e. The first-order valence-corrected chi connectivity index (χ1v) is 7.51. The van der Waals surface area contributed by atoms with Gasteiger partial charge in [-0.2, -0.15) is 0 Å². The second-order valence-corrected chi connectivity index (χ2v) is 5.95. The zero-order valence-corrected chi connectivity index (χ0v) is 12.7. The first-order valence-electron chi connectivity index (χ1n) is 7.51. The van der Waals surface area contributed by atoms with Crippen molar-refractivity contribution in [1.82, 2.24) is 4.98 Å². The number of fused-ring (bicyclic) bond motifs is 1. The quantitative estimate of drug-likeness (QED) is 0.686. The molecule has 2 atom stereocenters. The molecule has 1 heterocycles. The molecule has 1 aromatic heterocycles. The number of aryl methyl sites for hydroxylation is 2. The third kappa shape index (κ3) is 2.66. The van der Waals surface area contributed by atoms with Crippen molar-refractivity contribution in [3.05, 3.63) is 63.3 Å².